The smallest absolute Gasteiger partial charge is 0.128 e. The molecule has 0 aromatic carbocycles. The number of rotatable bonds is 3. The molecule has 1 saturated carbocycles. The zero-order valence-corrected chi connectivity index (χ0v) is 11.4. The number of nitriles is 1. The largest absolute Gasteiger partial charge is 0.496 e. The van der Waals surface area contributed by atoms with Crippen LogP contribution in [0.15, 0.2) is 6.20 Å². The standard InChI is InChI=1S/C15H20N2O/c1-11-9-17-13(12(2)14(11)18-3)8-15(10-16)6-4-5-7-15/h9H,4-8H2,1-3H3. The Hall–Kier alpha value is -1.56. The van der Waals surface area contributed by atoms with Gasteiger partial charge < -0.3 is 4.74 Å². The molecular formula is C15H20N2O. The van der Waals surface area contributed by atoms with Gasteiger partial charge in [-0.3, -0.25) is 4.98 Å². The zero-order valence-electron chi connectivity index (χ0n) is 11.4. The van der Waals surface area contributed by atoms with Crippen LogP contribution in [0.2, 0.25) is 0 Å². The van der Waals surface area contributed by atoms with Crippen LogP contribution in [-0.4, -0.2) is 12.1 Å². The van der Waals surface area contributed by atoms with Crippen LogP contribution >= 0.6 is 0 Å². The van der Waals surface area contributed by atoms with Gasteiger partial charge in [0.1, 0.15) is 5.75 Å². The first-order chi connectivity index (χ1) is 8.62. The molecule has 96 valence electrons. The highest BCUT2D eigenvalue weighted by Crippen LogP contribution is 2.41. The molecule has 1 aromatic heterocycles. The van der Waals surface area contributed by atoms with Crippen molar-refractivity contribution < 1.29 is 4.74 Å². The molecule has 0 bridgehead atoms. The molecular weight excluding hydrogens is 224 g/mol. The van der Waals surface area contributed by atoms with Crippen LogP contribution in [0.3, 0.4) is 0 Å². The van der Waals surface area contributed by atoms with Gasteiger partial charge in [0, 0.05) is 29.4 Å². The fourth-order valence-corrected chi connectivity index (χ4v) is 2.95. The van der Waals surface area contributed by atoms with E-state index < -0.39 is 0 Å². The normalized spacial score (nSPS) is 17.4. The van der Waals surface area contributed by atoms with Gasteiger partial charge in [-0.05, 0) is 26.7 Å². The summed E-state index contributed by atoms with van der Waals surface area (Å²) < 4.78 is 5.42. The number of pyridine rings is 1. The van der Waals surface area contributed by atoms with E-state index in [0.717, 1.165) is 54.7 Å². The summed E-state index contributed by atoms with van der Waals surface area (Å²) in [5, 5.41) is 9.44. The maximum absolute atomic E-state index is 9.44. The lowest BCUT2D eigenvalue weighted by Crippen LogP contribution is -2.19. The molecule has 0 unspecified atom stereocenters. The van der Waals surface area contributed by atoms with Gasteiger partial charge in [-0.2, -0.15) is 5.26 Å². The van der Waals surface area contributed by atoms with Crippen LogP contribution in [0.1, 0.15) is 42.5 Å². The number of nitrogens with zero attached hydrogens (tertiary/aromatic N) is 2. The van der Waals surface area contributed by atoms with Gasteiger partial charge in [0.25, 0.3) is 0 Å². The lowest BCUT2D eigenvalue weighted by Gasteiger charge is -2.21. The monoisotopic (exact) mass is 244 g/mol. The Bertz CT molecular complexity index is 482. The quantitative estimate of drug-likeness (QED) is 0.819. The Morgan fingerprint density at radius 2 is 2.06 bits per heavy atom. The first kappa shape index (κ1) is 12.9. The summed E-state index contributed by atoms with van der Waals surface area (Å²) in [6, 6.07) is 2.52. The van der Waals surface area contributed by atoms with E-state index in [1.54, 1.807) is 7.11 Å². The summed E-state index contributed by atoms with van der Waals surface area (Å²) in [5.41, 5.74) is 2.95. The van der Waals surface area contributed by atoms with E-state index in [4.69, 9.17) is 4.74 Å². The van der Waals surface area contributed by atoms with Gasteiger partial charge in [-0.15, -0.1) is 0 Å². The first-order valence-corrected chi connectivity index (χ1v) is 6.52. The van der Waals surface area contributed by atoms with Crippen molar-refractivity contribution in [3.63, 3.8) is 0 Å². The Kier molecular flexibility index (Phi) is 3.56. The summed E-state index contributed by atoms with van der Waals surface area (Å²) in [7, 11) is 1.69. The van der Waals surface area contributed by atoms with Crippen molar-refractivity contribution >= 4 is 0 Å². The maximum atomic E-state index is 9.44. The van der Waals surface area contributed by atoms with Crippen molar-refractivity contribution in [2.75, 3.05) is 7.11 Å². The molecule has 3 nitrogen and oxygen atoms in total. The lowest BCUT2D eigenvalue weighted by molar-refractivity contribution is 0.390. The van der Waals surface area contributed by atoms with Gasteiger partial charge in [0.2, 0.25) is 0 Å². The molecule has 0 aliphatic heterocycles. The van der Waals surface area contributed by atoms with Crippen molar-refractivity contribution in [3.05, 3.63) is 23.0 Å². The van der Waals surface area contributed by atoms with E-state index in [1.165, 1.54) is 0 Å². The third-order valence-corrected chi connectivity index (χ3v) is 4.05. The van der Waals surface area contributed by atoms with Crippen molar-refractivity contribution in [1.29, 1.82) is 5.26 Å². The van der Waals surface area contributed by atoms with Crippen LogP contribution in [-0.2, 0) is 6.42 Å². The van der Waals surface area contributed by atoms with Crippen LogP contribution in [0.5, 0.6) is 5.75 Å². The van der Waals surface area contributed by atoms with Crippen molar-refractivity contribution in [3.8, 4) is 11.8 Å². The van der Waals surface area contributed by atoms with Crippen LogP contribution in [0.25, 0.3) is 0 Å². The number of ether oxygens (including phenoxy) is 1. The number of aromatic nitrogens is 1. The number of hydrogen-bond acceptors (Lipinski definition) is 3. The Labute approximate surface area is 109 Å². The van der Waals surface area contributed by atoms with E-state index in [-0.39, 0.29) is 5.41 Å². The molecule has 3 heteroatoms. The molecule has 1 aliphatic rings. The number of hydrogen-bond donors (Lipinski definition) is 0. The van der Waals surface area contributed by atoms with Crippen LogP contribution in [0.4, 0.5) is 0 Å². The average molecular weight is 244 g/mol. The van der Waals surface area contributed by atoms with E-state index >= 15 is 0 Å². The van der Waals surface area contributed by atoms with E-state index in [2.05, 4.69) is 11.1 Å². The molecule has 0 amide bonds. The van der Waals surface area contributed by atoms with Gasteiger partial charge in [0.15, 0.2) is 0 Å². The lowest BCUT2D eigenvalue weighted by atomic mass is 9.82. The predicted octanol–water partition coefficient (Wildman–Crippen LogP) is 3.33. The highest BCUT2D eigenvalue weighted by molar-refractivity contribution is 5.41. The van der Waals surface area contributed by atoms with Crippen molar-refractivity contribution in [2.45, 2.75) is 46.0 Å². The van der Waals surface area contributed by atoms with Crippen molar-refractivity contribution in [1.82, 2.24) is 4.98 Å². The second-order valence-corrected chi connectivity index (χ2v) is 5.32. The van der Waals surface area contributed by atoms with Gasteiger partial charge in [0.05, 0.1) is 18.6 Å². The second kappa shape index (κ2) is 4.97. The molecule has 0 spiro atoms. The minimum absolute atomic E-state index is 0.196. The number of aryl methyl sites for hydroxylation is 1. The Morgan fingerprint density at radius 3 is 2.61 bits per heavy atom. The summed E-state index contributed by atoms with van der Waals surface area (Å²) in [5.74, 6) is 0.908. The summed E-state index contributed by atoms with van der Waals surface area (Å²) in [6.45, 7) is 4.03. The van der Waals surface area contributed by atoms with Crippen LogP contribution in [0, 0.1) is 30.6 Å². The Balaban J connectivity index is 2.32. The molecule has 0 radical (unpaired) electrons. The highest BCUT2D eigenvalue weighted by atomic mass is 16.5. The molecule has 1 aliphatic carbocycles. The van der Waals surface area contributed by atoms with Crippen molar-refractivity contribution in [2.24, 2.45) is 5.41 Å². The van der Waals surface area contributed by atoms with E-state index in [1.807, 2.05) is 20.0 Å². The zero-order chi connectivity index (χ0) is 13.2. The molecule has 1 fully saturated rings. The second-order valence-electron chi connectivity index (χ2n) is 5.32. The molecule has 1 aromatic rings. The summed E-state index contributed by atoms with van der Waals surface area (Å²) in [4.78, 5) is 4.51. The molecule has 0 atom stereocenters. The van der Waals surface area contributed by atoms with Gasteiger partial charge >= 0.3 is 0 Å². The van der Waals surface area contributed by atoms with E-state index in [0.29, 0.717) is 0 Å². The minimum atomic E-state index is -0.196. The molecule has 18 heavy (non-hydrogen) atoms. The average Bonchev–Trinajstić information content (AvgIpc) is 2.83. The third kappa shape index (κ3) is 2.20. The van der Waals surface area contributed by atoms with E-state index in [9.17, 15) is 5.26 Å². The Morgan fingerprint density at radius 1 is 1.39 bits per heavy atom. The molecule has 0 saturated heterocycles. The highest BCUT2D eigenvalue weighted by Gasteiger charge is 2.35. The van der Waals surface area contributed by atoms with Gasteiger partial charge in [-0.1, -0.05) is 12.8 Å². The molecule has 2 rings (SSSR count). The maximum Gasteiger partial charge on any atom is 0.128 e. The third-order valence-electron chi connectivity index (χ3n) is 4.05. The van der Waals surface area contributed by atoms with Crippen LogP contribution < -0.4 is 4.74 Å². The topological polar surface area (TPSA) is 45.9 Å². The molecule has 0 N–H and O–H groups in total. The summed E-state index contributed by atoms with van der Waals surface area (Å²) in [6.07, 6.45) is 6.93. The SMILES string of the molecule is COc1c(C)cnc(CC2(C#N)CCCC2)c1C. The van der Waals surface area contributed by atoms with Gasteiger partial charge in [-0.25, -0.2) is 0 Å². The molecule has 1 heterocycles. The minimum Gasteiger partial charge on any atom is -0.496 e. The fourth-order valence-electron chi connectivity index (χ4n) is 2.95. The predicted molar refractivity (Wildman–Crippen MR) is 70.5 cm³/mol. The first-order valence-electron chi connectivity index (χ1n) is 6.52. The fraction of sp³-hybridized carbons (Fsp3) is 0.600. The summed E-state index contributed by atoms with van der Waals surface area (Å²) >= 11 is 0. The number of methoxy groups -OCH3 is 1.